The van der Waals surface area contributed by atoms with Crippen LogP contribution in [0, 0.1) is 17.8 Å². The van der Waals surface area contributed by atoms with Crippen molar-refractivity contribution in [2.75, 3.05) is 26.2 Å². The van der Waals surface area contributed by atoms with Crippen LogP contribution in [-0.2, 0) is 4.79 Å². The molecule has 0 spiro atoms. The summed E-state index contributed by atoms with van der Waals surface area (Å²) in [4.78, 5) is 17.0. The predicted octanol–water partition coefficient (Wildman–Crippen LogP) is 3.17. The van der Waals surface area contributed by atoms with Gasteiger partial charge in [0, 0.05) is 38.3 Å². The van der Waals surface area contributed by atoms with Crippen molar-refractivity contribution in [2.45, 2.75) is 65.5 Å². The van der Waals surface area contributed by atoms with Crippen LogP contribution in [0.3, 0.4) is 0 Å². The lowest BCUT2D eigenvalue weighted by atomic mass is 9.79. The predicted molar refractivity (Wildman–Crippen MR) is 106 cm³/mol. The van der Waals surface area contributed by atoms with Gasteiger partial charge in [0.05, 0.1) is 5.92 Å². The van der Waals surface area contributed by atoms with Crippen molar-refractivity contribution in [1.82, 2.24) is 9.80 Å². The highest BCUT2D eigenvalue weighted by Gasteiger charge is 2.31. The number of nitrogens with zero attached hydrogens (tertiary/aromatic N) is 2. The third-order valence-electron chi connectivity index (χ3n) is 6.00. The van der Waals surface area contributed by atoms with Gasteiger partial charge in [0.1, 0.15) is 0 Å². The maximum atomic E-state index is 12.4. The molecule has 24 heavy (non-hydrogen) atoms. The van der Waals surface area contributed by atoms with E-state index in [9.17, 15) is 4.79 Å². The molecule has 2 atom stereocenters. The summed E-state index contributed by atoms with van der Waals surface area (Å²) >= 11 is 0. The van der Waals surface area contributed by atoms with Crippen LogP contribution in [0.15, 0.2) is 0 Å². The molecule has 2 fully saturated rings. The molecule has 2 rings (SSSR count). The first-order valence-electron chi connectivity index (χ1n) is 9.18. The molecule has 2 unspecified atom stereocenters. The van der Waals surface area contributed by atoms with E-state index < -0.39 is 0 Å². The van der Waals surface area contributed by atoms with E-state index in [1.165, 1.54) is 25.7 Å². The van der Waals surface area contributed by atoms with Crippen molar-refractivity contribution in [1.29, 1.82) is 0 Å². The summed E-state index contributed by atoms with van der Waals surface area (Å²) in [6.45, 7) is 12.4. The maximum absolute atomic E-state index is 12.4. The van der Waals surface area contributed by atoms with Crippen molar-refractivity contribution < 1.29 is 4.79 Å². The molecule has 2 N–H and O–H groups in total. The van der Waals surface area contributed by atoms with Crippen molar-refractivity contribution in [3.8, 4) is 0 Å². The molecular weight excluding hydrogens is 345 g/mol. The van der Waals surface area contributed by atoms with Gasteiger partial charge in [0.2, 0.25) is 5.91 Å². The minimum Gasteiger partial charge on any atom is -0.340 e. The Balaban J connectivity index is 0.00000264. The van der Waals surface area contributed by atoms with Crippen LogP contribution in [0.5, 0.6) is 0 Å². The Morgan fingerprint density at radius 2 is 1.42 bits per heavy atom. The average molecular weight is 382 g/mol. The smallest absolute Gasteiger partial charge is 0.227 e. The molecule has 0 radical (unpaired) electrons. The zero-order valence-corrected chi connectivity index (χ0v) is 17.4. The quantitative estimate of drug-likeness (QED) is 0.813. The SMILES string of the molecule is CC(C)C1CCC(N2CCN(C(=O)C(C)C(C)N)CC2)CC1.Cl.Cl. The number of amides is 1. The summed E-state index contributed by atoms with van der Waals surface area (Å²) in [6.07, 6.45) is 5.44. The Labute approximate surface area is 160 Å². The highest BCUT2D eigenvalue weighted by molar-refractivity contribution is 5.85. The first-order valence-corrected chi connectivity index (χ1v) is 9.18. The van der Waals surface area contributed by atoms with E-state index in [4.69, 9.17) is 5.73 Å². The van der Waals surface area contributed by atoms with Gasteiger partial charge >= 0.3 is 0 Å². The molecule has 1 aliphatic carbocycles. The fraction of sp³-hybridized carbons (Fsp3) is 0.944. The summed E-state index contributed by atoms with van der Waals surface area (Å²) < 4.78 is 0. The molecule has 0 aromatic rings. The molecule has 0 aromatic heterocycles. The normalized spacial score (nSPS) is 27.8. The minimum atomic E-state index is -0.0620. The summed E-state index contributed by atoms with van der Waals surface area (Å²) in [5.41, 5.74) is 5.87. The minimum absolute atomic E-state index is 0. The van der Waals surface area contributed by atoms with Gasteiger partial charge < -0.3 is 10.6 Å². The monoisotopic (exact) mass is 381 g/mol. The zero-order valence-electron chi connectivity index (χ0n) is 15.7. The lowest BCUT2D eigenvalue weighted by molar-refractivity contribution is -0.137. The van der Waals surface area contributed by atoms with Crippen molar-refractivity contribution in [2.24, 2.45) is 23.5 Å². The number of halogens is 2. The van der Waals surface area contributed by atoms with Gasteiger partial charge in [0.25, 0.3) is 0 Å². The first kappa shape index (κ1) is 24.0. The second kappa shape index (κ2) is 10.8. The van der Waals surface area contributed by atoms with Gasteiger partial charge in [-0.25, -0.2) is 0 Å². The standard InChI is InChI=1S/C18H35N3O.2ClH/c1-13(2)16-5-7-17(8-6-16)20-9-11-21(12-10-20)18(22)14(3)15(4)19;;/h13-17H,5-12,19H2,1-4H3;2*1H. The van der Waals surface area contributed by atoms with E-state index in [-0.39, 0.29) is 42.7 Å². The molecule has 2 aliphatic rings. The summed E-state index contributed by atoms with van der Waals surface area (Å²) in [5.74, 6) is 1.92. The van der Waals surface area contributed by atoms with Crippen LogP contribution in [0.2, 0.25) is 0 Å². The number of piperazine rings is 1. The third-order valence-corrected chi connectivity index (χ3v) is 6.00. The molecule has 0 aromatic carbocycles. The maximum Gasteiger partial charge on any atom is 0.227 e. The fourth-order valence-electron chi connectivity index (χ4n) is 3.95. The van der Waals surface area contributed by atoms with Crippen LogP contribution >= 0.6 is 24.8 Å². The number of carbonyl (C=O) groups is 1. The Kier molecular flexibility index (Phi) is 10.8. The van der Waals surface area contributed by atoms with Crippen LogP contribution < -0.4 is 5.73 Å². The molecule has 0 bridgehead atoms. The summed E-state index contributed by atoms with van der Waals surface area (Å²) in [6, 6.07) is 0.690. The Morgan fingerprint density at radius 3 is 1.83 bits per heavy atom. The van der Waals surface area contributed by atoms with Crippen molar-refractivity contribution >= 4 is 30.7 Å². The molecule has 1 saturated carbocycles. The van der Waals surface area contributed by atoms with Gasteiger partial charge in [0.15, 0.2) is 0 Å². The number of carbonyl (C=O) groups excluding carboxylic acids is 1. The van der Waals surface area contributed by atoms with E-state index in [2.05, 4.69) is 18.7 Å². The van der Waals surface area contributed by atoms with Crippen molar-refractivity contribution in [3.63, 3.8) is 0 Å². The number of hydrogen-bond acceptors (Lipinski definition) is 3. The zero-order chi connectivity index (χ0) is 16.3. The van der Waals surface area contributed by atoms with E-state index in [0.29, 0.717) is 0 Å². The van der Waals surface area contributed by atoms with Crippen LogP contribution in [0.25, 0.3) is 0 Å². The summed E-state index contributed by atoms with van der Waals surface area (Å²) in [7, 11) is 0. The second-order valence-corrected chi connectivity index (χ2v) is 7.82. The molecule has 1 saturated heterocycles. The summed E-state index contributed by atoms with van der Waals surface area (Å²) in [5, 5.41) is 0. The highest BCUT2D eigenvalue weighted by Crippen LogP contribution is 2.32. The highest BCUT2D eigenvalue weighted by atomic mass is 35.5. The molecule has 1 amide bonds. The van der Waals surface area contributed by atoms with E-state index in [0.717, 1.165) is 44.1 Å². The molecule has 144 valence electrons. The molecule has 6 heteroatoms. The van der Waals surface area contributed by atoms with E-state index >= 15 is 0 Å². The van der Waals surface area contributed by atoms with Gasteiger partial charge in [-0.3, -0.25) is 9.69 Å². The van der Waals surface area contributed by atoms with Gasteiger partial charge in [-0.15, -0.1) is 24.8 Å². The van der Waals surface area contributed by atoms with Crippen LogP contribution in [0.4, 0.5) is 0 Å². The Bertz CT molecular complexity index is 363. The van der Waals surface area contributed by atoms with Crippen molar-refractivity contribution in [3.05, 3.63) is 0 Å². The average Bonchev–Trinajstić information content (AvgIpc) is 2.53. The van der Waals surface area contributed by atoms with Crippen LogP contribution in [-0.4, -0.2) is 54.0 Å². The Morgan fingerprint density at radius 1 is 0.917 bits per heavy atom. The second-order valence-electron chi connectivity index (χ2n) is 7.82. The number of nitrogens with two attached hydrogens (primary N) is 1. The Hall–Kier alpha value is -0.0300. The van der Waals surface area contributed by atoms with E-state index in [1.807, 2.05) is 18.7 Å². The molecule has 1 heterocycles. The lowest BCUT2D eigenvalue weighted by Crippen LogP contribution is -2.54. The van der Waals surface area contributed by atoms with Gasteiger partial charge in [-0.05, 0) is 44.4 Å². The largest absolute Gasteiger partial charge is 0.340 e. The lowest BCUT2D eigenvalue weighted by Gasteiger charge is -2.43. The van der Waals surface area contributed by atoms with E-state index in [1.54, 1.807) is 0 Å². The van der Waals surface area contributed by atoms with Gasteiger partial charge in [-0.1, -0.05) is 20.8 Å². The molecule has 4 nitrogen and oxygen atoms in total. The first-order chi connectivity index (χ1) is 10.4. The van der Waals surface area contributed by atoms with Gasteiger partial charge in [-0.2, -0.15) is 0 Å². The number of rotatable bonds is 4. The molecule has 1 aliphatic heterocycles. The van der Waals surface area contributed by atoms with Crippen LogP contribution in [0.1, 0.15) is 53.4 Å². The fourth-order valence-corrected chi connectivity index (χ4v) is 3.95. The third kappa shape index (κ3) is 6.05. The molecular formula is C18H37Cl2N3O. The topological polar surface area (TPSA) is 49.6 Å². The number of hydrogen-bond donors (Lipinski definition) is 1.